The maximum Gasteiger partial charge on any atom is 0.163 e. The third-order valence-electron chi connectivity index (χ3n) is 4.83. The number of hydrogen-bond acceptors (Lipinski definition) is 4. The van der Waals surface area contributed by atoms with Gasteiger partial charge in [-0.1, -0.05) is 27.7 Å². The lowest BCUT2D eigenvalue weighted by molar-refractivity contribution is 0.457. The van der Waals surface area contributed by atoms with E-state index in [0.29, 0.717) is 6.04 Å². The summed E-state index contributed by atoms with van der Waals surface area (Å²) >= 11 is 0. The van der Waals surface area contributed by atoms with Gasteiger partial charge in [0.2, 0.25) is 0 Å². The summed E-state index contributed by atoms with van der Waals surface area (Å²) in [7, 11) is 1.89. The minimum Gasteiger partial charge on any atom is -0.366 e. The molecule has 0 unspecified atom stereocenters. The van der Waals surface area contributed by atoms with E-state index in [2.05, 4.69) is 48.1 Å². The Kier molecular flexibility index (Phi) is 2.04. The Bertz CT molecular complexity index is 597. The first kappa shape index (κ1) is 11.4. The predicted molar refractivity (Wildman–Crippen MR) is 71.3 cm³/mol. The van der Waals surface area contributed by atoms with Crippen molar-refractivity contribution < 1.29 is 0 Å². The number of anilines is 1. The molecule has 5 heteroatoms. The first-order chi connectivity index (χ1) is 8.35. The fraction of sp³-hybridized carbons (Fsp3) is 0.615. The smallest absolute Gasteiger partial charge is 0.163 e. The molecule has 0 radical (unpaired) electrons. The minimum absolute atomic E-state index is 0.284. The summed E-state index contributed by atoms with van der Waals surface area (Å²) in [5.41, 5.74) is 1.43. The Morgan fingerprint density at radius 3 is 2.44 bits per heavy atom. The van der Waals surface area contributed by atoms with Crippen molar-refractivity contribution in [3.8, 4) is 0 Å². The van der Waals surface area contributed by atoms with Crippen LogP contribution in [0.3, 0.4) is 0 Å². The molecule has 96 valence electrons. The van der Waals surface area contributed by atoms with Crippen LogP contribution in [0.4, 0.5) is 5.82 Å². The van der Waals surface area contributed by atoms with Crippen molar-refractivity contribution in [2.75, 3.05) is 5.32 Å². The van der Waals surface area contributed by atoms with Crippen molar-refractivity contribution in [1.82, 2.24) is 19.7 Å². The van der Waals surface area contributed by atoms with Gasteiger partial charge in [-0.3, -0.25) is 4.68 Å². The molecule has 18 heavy (non-hydrogen) atoms. The highest BCUT2D eigenvalue weighted by Crippen LogP contribution is 2.63. The van der Waals surface area contributed by atoms with Gasteiger partial charge in [-0.25, -0.2) is 9.97 Å². The van der Waals surface area contributed by atoms with E-state index in [-0.39, 0.29) is 10.8 Å². The van der Waals surface area contributed by atoms with Gasteiger partial charge in [0.1, 0.15) is 12.1 Å². The Hall–Kier alpha value is -1.65. The molecule has 2 aromatic rings. The van der Waals surface area contributed by atoms with Crippen LogP contribution in [0.2, 0.25) is 0 Å². The number of fused-ring (bicyclic) bond motifs is 1. The monoisotopic (exact) mass is 245 g/mol. The number of rotatable bonds is 2. The zero-order valence-corrected chi connectivity index (χ0v) is 11.5. The van der Waals surface area contributed by atoms with Gasteiger partial charge in [0.25, 0.3) is 0 Å². The van der Waals surface area contributed by atoms with Crippen LogP contribution in [0.5, 0.6) is 0 Å². The van der Waals surface area contributed by atoms with Gasteiger partial charge in [0.05, 0.1) is 11.6 Å². The minimum atomic E-state index is 0.284. The molecule has 5 nitrogen and oxygen atoms in total. The van der Waals surface area contributed by atoms with Crippen LogP contribution >= 0.6 is 0 Å². The van der Waals surface area contributed by atoms with Gasteiger partial charge in [-0.15, -0.1) is 0 Å². The fourth-order valence-corrected chi connectivity index (χ4v) is 2.77. The van der Waals surface area contributed by atoms with Gasteiger partial charge in [-0.05, 0) is 10.8 Å². The van der Waals surface area contributed by atoms with Gasteiger partial charge in [-0.2, -0.15) is 5.10 Å². The summed E-state index contributed by atoms with van der Waals surface area (Å²) in [6.45, 7) is 9.14. The third kappa shape index (κ3) is 1.30. The number of aromatic nitrogens is 4. The summed E-state index contributed by atoms with van der Waals surface area (Å²) in [6.07, 6.45) is 3.41. The second-order valence-corrected chi connectivity index (χ2v) is 6.25. The van der Waals surface area contributed by atoms with E-state index in [1.165, 1.54) is 0 Å². The molecule has 1 saturated carbocycles. The quantitative estimate of drug-likeness (QED) is 0.881. The Morgan fingerprint density at radius 1 is 1.17 bits per heavy atom. The average Bonchev–Trinajstić information content (AvgIpc) is 2.64. The Morgan fingerprint density at radius 2 is 1.83 bits per heavy atom. The van der Waals surface area contributed by atoms with E-state index in [9.17, 15) is 0 Å². The molecular formula is C13H19N5. The molecule has 0 aromatic carbocycles. The Balaban J connectivity index is 1.98. The van der Waals surface area contributed by atoms with Crippen molar-refractivity contribution in [3.05, 3.63) is 12.5 Å². The molecule has 0 bridgehead atoms. The van der Waals surface area contributed by atoms with E-state index < -0.39 is 0 Å². The summed E-state index contributed by atoms with van der Waals surface area (Å²) in [6, 6.07) is 0.434. The summed E-state index contributed by atoms with van der Waals surface area (Å²) in [5, 5.41) is 8.76. The molecule has 0 aliphatic heterocycles. The van der Waals surface area contributed by atoms with Crippen LogP contribution in [0, 0.1) is 10.8 Å². The maximum atomic E-state index is 4.36. The number of hydrogen-bond donors (Lipinski definition) is 1. The SMILES string of the molecule is Cn1ncc2c(NC3C(C)(C)C3(C)C)ncnc21. The van der Waals surface area contributed by atoms with Gasteiger partial charge >= 0.3 is 0 Å². The van der Waals surface area contributed by atoms with E-state index in [0.717, 1.165) is 16.9 Å². The lowest BCUT2D eigenvalue weighted by Gasteiger charge is -2.07. The molecule has 0 amide bonds. The summed E-state index contributed by atoms with van der Waals surface area (Å²) in [4.78, 5) is 8.61. The van der Waals surface area contributed by atoms with Crippen LogP contribution in [0.1, 0.15) is 27.7 Å². The van der Waals surface area contributed by atoms with Crippen molar-refractivity contribution in [1.29, 1.82) is 0 Å². The standard InChI is InChI=1S/C13H19N5/c1-12(2)11(13(12,3)4)17-9-8-6-16-18(5)10(8)15-7-14-9/h6-7,11H,1-5H3,(H,14,15,17). The van der Waals surface area contributed by atoms with Crippen molar-refractivity contribution in [3.63, 3.8) is 0 Å². The number of nitrogens with one attached hydrogen (secondary N) is 1. The molecule has 0 saturated heterocycles. The summed E-state index contributed by atoms with van der Waals surface area (Å²) < 4.78 is 1.77. The first-order valence-corrected chi connectivity index (χ1v) is 6.25. The Labute approximate surface area is 107 Å². The lowest BCUT2D eigenvalue weighted by atomic mass is 10.0. The maximum absolute atomic E-state index is 4.36. The zero-order chi connectivity index (χ0) is 13.1. The lowest BCUT2D eigenvalue weighted by Crippen LogP contribution is -2.11. The normalized spacial score (nSPS) is 21.2. The van der Waals surface area contributed by atoms with Crippen LogP contribution in [-0.2, 0) is 7.05 Å². The molecule has 1 aliphatic rings. The molecule has 0 spiro atoms. The molecule has 2 aromatic heterocycles. The molecule has 1 aliphatic carbocycles. The fourth-order valence-electron chi connectivity index (χ4n) is 2.77. The molecule has 1 N–H and O–H groups in total. The van der Waals surface area contributed by atoms with Crippen LogP contribution in [0.15, 0.2) is 12.5 Å². The number of aryl methyl sites for hydroxylation is 1. The topological polar surface area (TPSA) is 55.6 Å². The zero-order valence-electron chi connectivity index (χ0n) is 11.5. The van der Waals surface area contributed by atoms with Crippen molar-refractivity contribution in [2.24, 2.45) is 17.9 Å². The molecular weight excluding hydrogens is 226 g/mol. The largest absolute Gasteiger partial charge is 0.366 e. The van der Waals surface area contributed by atoms with Crippen molar-refractivity contribution >= 4 is 16.9 Å². The van der Waals surface area contributed by atoms with E-state index in [1.807, 2.05) is 13.2 Å². The van der Waals surface area contributed by atoms with E-state index >= 15 is 0 Å². The van der Waals surface area contributed by atoms with Crippen molar-refractivity contribution in [2.45, 2.75) is 33.7 Å². The molecule has 2 heterocycles. The van der Waals surface area contributed by atoms with E-state index in [1.54, 1.807) is 11.0 Å². The predicted octanol–water partition coefficient (Wildman–Crippen LogP) is 2.21. The highest BCUT2D eigenvalue weighted by atomic mass is 15.3. The van der Waals surface area contributed by atoms with E-state index in [4.69, 9.17) is 0 Å². The molecule has 0 atom stereocenters. The first-order valence-electron chi connectivity index (χ1n) is 6.25. The molecule has 1 fully saturated rings. The number of nitrogens with zero attached hydrogens (tertiary/aromatic N) is 4. The van der Waals surface area contributed by atoms with Crippen LogP contribution in [0.25, 0.3) is 11.0 Å². The second-order valence-electron chi connectivity index (χ2n) is 6.25. The van der Waals surface area contributed by atoms with Gasteiger partial charge < -0.3 is 5.32 Å². The summed E-state index contributed by atoms with van der Waals surface area (Å²) in [5.74, 6) is 0.886. The third-order valence-corrected chi connectivity index (χ3v) is 4.83. The second kappa shape index (κ2) is 3.22. The van der Waals surface area contributed by atoms with Gasteiger partial charge in [0.15, 0.2) is 5.65 Å². The molecule has 3 rings (SSSR count). The highest BCUT2D eigenvalue weighted by Gasteiger charge is 2.65. The van der Waals surface area contributed by atoms with Crippen LogP contribution in [-0.4, -0.2) is 25.8 Å². The highest BCUT2D eigenvalue weighted by molar-refractivity contribution is 5.86. The van der Waals surface area contributed by atoms with Gasteiger partial charge in [0, 0.05) is 13.1 Å². The average molecular weight is 245 g/mol. The van der Waals surface area contributed by atoms with Crippen LogP contribution < -0.4 is 5.32 Å².